The van der Waals surface area contributed by atoms with Crippen LogP contribution in [0.1, 0.15) is 32.7 Å². The van der Waals surface area contributed by atoms with Crippen LogP contribution in [-0.4, -0.2) is 26.8 Å². The summed E-state index contributed by atoms with van der Waals surface area (Å²) in [7, 11) is 0. The predicted molar refractivity (Wildman–Crippen MR) is 113 cm³/mol. The number of carbonyl (C=O) groups is 2. The minimum Gasteiger partial charge on any atom is -0.382 e. The van der Waals surface area contributed by atoms with Gasteiger partial charge in [-0.1, -0.05) is 23.4 Å². The van der Waals surface area contributed by atoms with E-state index in [1.807, 2.05) is 58.0 Å². The zero-order valence-electron chi connectivity index (χ0n) is 16.9. The lowest BCUT2D eigenvalue weighted by Crippen LogP contribution is -2.22. The molecule has 4 N–H and O–H groups in total. The van der Waals surface area contributed by atoms with Crippen molar-refractivity contribution in [2.24, 2.45) is 0 Å². The van der Waals surface area contributed by atoms with E-state index in [0.29, 0.717) is 5.69 Å². The third-order valence-corrected chi connectivity index (χ3v) is 4.93. The zero-order valence-corrected chi connectivity index (χ0v) is 16.9. The van der Waals surface area contributed by atoms with Crippen LogP contribution in [0.3, 0.4) is 0 Å². The molecule has 0 aliphatic carbocycles. The van der Waals surface area contributed by atoms with Crippen molar-refractivity contribution in [1.82, 2.24) is 15.0 Å². The van der Waals surface area contributed by atoms with Gasteiger partial charge in [0.1, 0.15) is 6.54 Å². The number of nitrogens with zero attached hydrogens (tertiary/aromatic N) is 3. The molecule has 0 fully saturated rings. The molecule has 29 heavy (non-hydrogen) atoms. The standard InChI is InChI=1S/C21H24N6O2/c1-12-8-9-16(10-14(12)3)23-21(29)19-20(22)27(26-25-19)11-18(28)24-17-7-5-6-13(2)15(17)4/h5-10H,11,22H2,1-4H3,(H,23,29)(H,24,28). The van der Waals surface area contributed by atoms with Crippen molar-refractivity contribution in [3.05, 3.63) is 64.3 Å². The number of aromatic nitrogens is 3. The highest BCUT2D eigenvalue weighted by Gasteiger charge is 2.19. The molecule has 8 nitrogen and oxygen atoms in total. The van der Waals surface area contributed by atoms with Gasteiger partial charge in [0.2, 0.25) is 5.91 Å². The summed E-state index contributed by atoms with van der Waals surface area (Å²) in [4.78, 5) is 24.9. The molecule has 3 rings (SSSR count). The quantitative estimate of drug-likeness (QED) is 0.617. The number of nitrogens with one attached hydrogen (secondary N) is 2. The SMILES string of the molecule is Cc1ccc(NC(=O)c2nnn(CC(=O)Nc3cccc(C)c3C)c2N)cc1C. The van der Waals surface area contributed by atoms with Gasteiger partial charge in [-0.3, -0.25) is 9.59 Å². The predicted octanol–water partition coefficient (Wildman–Crippen LogP) is 2.98. The molecule has 1 aromatic heterocycles. The number of amides is 2. The van der Waals surface area contributed by atoms with Crippen LogP contribution in [0.2, 0.25) is 0 Å². The van der Waals surface area contributed by atoms with Crippen LogP contribution in [0.5, 0.6) is 0 Å². The van der Waals surface area contributed by atoms with E-state index in [0.717, 1.165) is 27.9 Å². The maximum absolute atomic E-state index is 12.5. The molecule has 150 valence electrons. The maximum Gasteiger partial charge on any atom is 0.280 e. The zero-order chi connectivity index (χ0) is 21.1. The lowest BCUT2D eigenvalue weighted by molar-refractivity contribution is -0.116. The summed E-state index contributed by atoms with van der Waals surface area (Å²) >= 11 is 0. The van der Waals surface area contributed by atoms with Crippen LogP contribution < -0.4 is 16.4 Å². The lowest BCUT2D eigenvalue weighted by atomic mass is 10.1. The normalized spacial score (nSPS) is 10.6. The largest absolute Gasteiger partial charge is 0.382 e. The number of rotatable bonds is 5. The van der Waals surface area contributed by atoms with Gasteiger partial charge in [-0.05, 0) is 68.1 Å². The highest BCUT2D eigenvalue weighted by Crippen LogP contribution is 2.19. The van der Waals surface area contributed by atoms with Crippen molar-refractivity contribution in [3.63, 3.8) is 0 Å². The van der Waals surface area contributed by atoms with Gasteiger partial charge >= 0.3 is 0 Å². The van der Waals surface area contributed by atoms with Crippen LogP contribution >= 0.6 is 0 Å². The van der Waals surface area contributed by atoms with E-state index in [9.17, 15) is 9.59 Å². The number of hydrogen-bond acceptors (Lipinski definition) is 5. The van der Waals surface area contributed by atoms with Gasteiger partial charge < -0.3 is 16.4 Å². The molecule has 3 aromatic rings. The van der Waals surface area contributed by atoms with Gasteiger partial charge in [-0.15, -0.1) is 5.10 Å². The molecule has 0 spiro atoms. The Bertz CT molecular complexity index is 1090. The number of hydrogen-bond donors (Lipinski definition) is 3. The molecule has 2 amide bonds. The molecule has 0 radical (unpaired) electrons. The summed E-state index contributed by atoms with van der Waals surface area (Å²) < 4.78 is 1.20. The van der Waals surface area contributed by atoms with Crippen LogP contribution in [-0.2, 0) is 11.3 Å². The fourth-order valence-corrected chi connectivity index (χ4v) is 2.82. The van der Waals surface area contributed by atoms with Gasteiger partial charge in [0.05, 0.1) is 0 Å². The maximum atomic E-state index is 12.5. The number of aryl methyl sites for hydroxylation is 3. The van der Waals surface area contributed by atoms with E-state index in [4.69, 9.17) is 5.73 Å². The van der Waals surface area contributed by atoms with Crippen molar-refractivity contribution >= 4 is 29.0 Å². The Morgan fingerprint density at radius 2 is 1.76 bits per heavy atom. The molecular weight excluding hydrogens is 368 g/mol. The first-order valence-electron chi connectivity index (χ1n) is 9.20. The molecule has 0 saturated carbocycles. The van der Waals surface area contributed by atoms with Crippen LogP contribution in [0.25, 0.3) is 0 Å². The molecule has 2 aromatic carbocycles. The summed E-state index contributed by atoms with van der Waals surface area (Å²) in [6, 6.07) is 11.3. The third-order valence-electron chi connectivity index (χ3n) is 4.93. The molecule has 0 unspecified atom stereocenters. The summed E-state index contributed by atoms with van der Waals surface area (Å²) in [5.74, 6) is -0.759. The number of benzene rings is 2. The highest BCUT2D eigenvalue weighted by molar-refractivity contribution is 6.05. The Labute approximate surface area is 169 Å². The second-order valence-electron chi connectivity index (χ2n) is 7.03. The molecule has 0 saturated heterocycles. The van der Waals surface area contributed by atoms with Crippen molar-refractivity contribution in [2.75, 3.05) is 16.4 Å². The minimum atomic E-state index is -0.480. The lowest BCUT2D eigenvalue weighted by Gasteiger charge is -2.10. The fourth-order valence-electron chi connectivity index (χ4n) is 2.82. The number of anilines is 3. The van der Waals surface area contributed by atoms with E-state index < -0.39 is 5.91 Å². The molecule has 0 bridgehead atoms. The van der Waals surface area contributed by atoms with Gasteiger partial charge in [0.15, 0.2) is 11.5 Å². The van der Waals surface area contributed by atoms with Crippen molar-refractivity contribution in [3.8, 4) is 0 Å². The van der Waals surface area contributed by atoms with Gasteiger partial charge in [-0.25, -0.2) is 4.68 Å². The van der Waals surface area contributed by atoms with Gasteiger partial charge in [0, 0.05) is 11.4 Å². The van der Waals surface area contributed by atoms with E-state index in [-0.39, 0.29) is 24.0 Å². The van der Waals surface area contributed by atoms with E-state index in [2.05, 4.69) is 20.9 Å². The van der Waals surface area contributed by atoms with Crippen LogP contribution in [0, 0.1) is 27.7 Å². The first-order valence-corrected chi connectivity index (χ1v) is 9.20. The molecule has 8 heteroatoms. The summed E-state index contributed by atoms with van der Waals surface area (Å²) in [5, 5.41) is 13.3. The van der Waals surface area contributed by atoms with Crippen molar-refractivity contribution < 1.29 is 9.59 Å². The van der Waals surface area contributed by atoms with Crippen molar-refractivity contribution in [1.29, 1.82) is 0 Å². The van der Waals surface area contributed by atoms with E-state index in [1.165, 1.54) is 4.68 Å². The Morgan fingerprint density at radius 3 is 2.48 bits per heavy atom. The topological polar surface area (TPSA) is 115 Å². The Balaban J connectivity index is 1.69. The second-order valence-corrected chi connectivity index (χ2v) is 7.03. The van der Waals surface area contributed by atoms with Gasteiger partial charge in [-0.2, -0.15) is 0 Å². The third kappa shape index (κ3) is 4.43. The summed E-state index contributed by atoms with van der Waals surface area (Å²) in [5.41, 5.74) is 11.6. The van der Waals surface area contributed by atoms with Crippen molar-refractivity contribution in [2.45, 2.75) is 34.2 Å². The van der Waals surface area contributed by atoms with E-state index in [1.54, 1.807) is 6.07 Å². The molecule has 0 aliphatic heterocycles. The van der Waals surface area contributed by atoms with Crippen LogP contribution in [0.15, 0.2) is 36.4 Å². The molecule has 0 atom stereocenters. The minimum absolute atomic E-state index is 0.0252. The molecular formula is C21H24N6O2. The average molecular weight is 392 g/mol. The fraction of sp³-hybridized carbons (Fsp3) is 0.238. The van der Waals surface area contributed by atoms with Gasteiger partial charge in [0.25, 0.3) is 5.91 Å². The number of carbonyl (C=O) groups excluding carboxylic acids is 2. The van der Waals surface area contributed by atoms with Crippen LogP contribution in [0.4, 0.5) is 17.2 Å². The first-order chi connectivity index (χ1) is 13.8. The van der Waals surface area contributed by atoms with E-state index >= 15 is 0 Å². The summed E-state index contributed by atoms with van der Waals surface area (Å²) in [6.07, 6.45) is 0. The number of nitrogens with two attached hydrogens (primary N) is 1. The monoisotopic (exact) mass is 392 g/mol. The Hall–Kier alpha value is -3.68. The Kier molecular flexibility index (Phi) is 5.63. The second kappa shape index (κ2) is 8.14. The molecule has 1 heterocycles. The molecule has 0 aliphatic rings. The smallest absolute Gasteiger partial charge is 0.280 e. The average Bonchev–Trinajstić information content (AvgIpc) is 3.02. The first kappa shape index (κ1) is 20.1. The Morgan fingerprint density at radius 1 is 1.00 bits per heavy atom. The summed E-state index contributed by atoms with van der Waals surface area (Å²) in [6.45, 7) is 7.71. The highest BCUT2D eigenvalue weighted by atomic mass is 16.2. The number of nitrogen functional groups attached to an aromatic ring is 1.